The molecule has 61 heavy (non-hydrogen) atoms. The molecule has 0 N–H and O–H groups in total. The summed E-state index contributed by atoms with van der Waals surface area (Å²) in [6, 6.07) is 46.3. The fourth-order valence-electron chi connectivity index (χ4n) is 6.55. The first-order valence-corrected chi connectivity index (χ1v) is 25.9. The van der Waals surface area contributed by atoms with Gasteiger partial charge in [-0.2, -0.15) is 8.42 Å². The third-order valence-electron chi connectivity index (χ3n) is 9.91. The quantitative estimate of drug-likeness (QED) is 0.0517. The topological polar surface area (TPSA) is 94.6 Å². The molecule has 0 unspecified atom stereocenters. The average molecular weight is 907 g/mol. The number of benzene rings is 6. The smallest absolute Gasteiger partial charge is 0.277 e. The van der Waals surface area contributed by atoms with Crippen LogP contribution < -0.4 is 0 Å². The van der Waals surface area contributed by atoms with Gasteiger partial charge in [0.2, 0.25) is 0 Å². The Labute approximate surface area is 375 Å². The standard InChI is InChI=1S/C50H50O6S5/c1-5-6-7-8-9-10-35-60(54,55)56-61(48-29-23-45(24-30-48)57-42-17-11-39(12-18-42)36(2)51,49-31-25-46(26-32-49)58-43-19-13-40(14-20-43)37(3)52)50-33-27-47(28-34-50)59-44-21-15-41(16-22-44)38(4)53/h11-34H,5-10,35H2,1-4H3. The van der Waals surface area contributed by atoms with Crippen LogP contribution in [0, 0.1) is 0 Å². The first-order chi connectivity index (χ1) is 29.3. The van der Waals surface area contributed by atoms with Crippen LogP contribution in [0.4, 0.5) is 0 Å². The van der Waals surface area contributed by atoms with Crippen LogP contribution in [0.3, 0.4) is 0 Å². The number of unbranched alkanes of at least 4 members (excludes halogenated alkanes) is 5. The Morgan fingerprint density at radius 1 is 0.410 bits per heavy atom. The van der Waals surface area contributed by atoms with Gasteiger partial charge >= 0.3 is 0 Å². The summed E-state index contributed by atoms with van der Waals surface area (Å²) < 4.78 is 35.4. The molecular weight excluding hydrogens is 857 g/mol. The van der Waals surface area contributed by atoms with E-state index in [9.17, 15) is 22.8 Å². The van der Waals surface area contributed by atoms with Gasteiger partial charge in [0.25, 0.3) is 10.1 Å². The van der Waals surface area contributed by atoms with Gasteiger partial charge in [-0.15, -0.1) is 0 Å². The zero-order valence-electron chi connectivity index (χ0n) is 34.8. The molecule has 0 radical (unpaired) electrons. The summed E-state index contributed by atoms with van der Waals surface area (Å²) in [7, 11) is -6.93. The molecule has 0 fully saturated rings. The van der Waals surface area contributed by atoms with Crippen molar-refractivity contribution in [2.45, 2.75) is 110 Å². The highest BCUT2D eigenvalue weighted by molar-refractivity contribution is 8.33. The summed E-state index contributed by atoms with van der Waals surface area (Å²) >= 11 is 4.67. The maximum absolute atomic E-state index is 14.3. The zero-order valence-corrected chi connectivity index (χ0v) is 38.9. The monoisotopic (exact) mass is 906 g/mol. The maximum atomic E-state index is 14.3. The normalized spacial score (nSPS) is 11.9. The fourth-order valence-corrected chi connectivity index (χ4v) is 14.4. The van der Waals surface area contributed by atoms with Crippen LogP contribution >= 0.6 is 45.6 Å². The summed E-state index contributed by atoms with van der Waals surface area (Å²) in [4.78, 5) is 43.6. The molecule has 0 saturated carbocycles. The Kier molecular flexibility index (Phi) is 16.4. The van der Waals surface area contributed by atoms with E-state index >= 15 is 0 Å². The predicted molar refractivity (Wildman–Crippen MR) is 252 cm³/mol. The Bertz CT molecular complexity index is 2270. The molecule has 0 amide bonds. The Morgan fingerprint density at radius 3 is 0.951 bits per heavy atom. The highest BCUT2D eigenvalue weighted by Crippen LogP contribution is 2.70. The Hall–Kier alpha value is -4.36. The van der Waals surface area contributed by atoms with E-state index in [4.69, 9.17) is 3.63 Å². The molecule has 6 aromatic carbocycles. The largest absolute Gasteiger partial charge is 0.295 e. The second-order valence-corrected chi connectivity index (χ2v) is 22.7. The zero-order chi connectivity index (χ0) is 43.4. The molecule has 0 aliphatic heterocycles. The predicted octanol–water partition coefficient (Wildman–Crippen LogP) is 14.7. The molecule has 0 aliphatic carbocycles. The van der Waals surface area contributed by atoms with Crippen LogP contribution in [0.25, 0.3) is 0 Å². The summed E-state index contributed by atoms with van der Waals surface area (Å²) in [5.41, 5.74) is 1.95. The molecule has 0 saturated heterocycles. The van der Waals surface area contributed by atoms with Gasteiger partial charge in [-0.1, -0.05) is 111 Å². The van der Waals surface area contributed by atoms with Crippen molar-refractivity contribution in [2.24, 2.45) is 0 Å². The summed E-state index contributed by atoms with van der Waals surface area (Å²) in [5.74, 6) is -0.0587. The van der Waals surface area contributed by atoms with Crippen molar-refractivity contribution in [2.75, 3.05) is 5.75 Å². The lowest BCUT2D eigenvalue weighted by molar-refractivity contribution is 0.100. The Balaban J connectivity index is 1.41. The molecule has 0 spiro atoms. The molecule has 6 rings (SSSR count). The van der Waals surface area contributed by atoms with Crippen molar-refractivity contribution in [3.63, 3.8) is 0 Å². The van der Waals surface area contributed by atoms with Gasteiger partial charge < -0.3 is 0 Å². The number of ketones is 3. The summed E-state index contributed by atoms with van der Waals surface area (Å²) in [5, 5.41) is 0. The van der Waals surface area contributed by atoms with E-state index in [1.54, 1.807) is 56.1 Å². The minimum absolute atomic E-state index is 0.0107. The summed E-state index contributed by atoms with van der Waals surface area (Å²) in [6.45, 7) is 6.81. The lowest BCUT2D eigenvalue weighted by Crippen LogP contribution is -2.17. The number of rotatable bonds is 21. The van der Waals surface area contributed by atoms with Crippen LogP contribution in [0.5, 0.6) is 0 Å². The minimum Gasteiger partial charge on any atom is -0.295 e. The van der Waals surface area contributed by atoms with Crippen LogP contribution in [0.15, 0.2) is 190 Å². The first-order valence-electron chi connectivity index (χ1n) is 20.3. The second kappa shape index (κ2) is 21.6. The molecule has 316 valence electrons. The van der Waals surface area contributed by atoms with Crippen molar-refractivity contribution in [1.82, 2.24) is 0 Å². The van der Waals surface area contributed by atoms with Crippen LogP contribution in [0.1, 0.15) is 97.3 Å². The third-order valence-corrected chi connectivity index (χ3v) is 18.2. The van der Waals surface area contributed by atoms with Crippen LogP contribution in [0.2, 0.25) is 0 Å². The molecule has 0 atom stereocenters. The SMILES string of the molecule is CCCCCCCCS(=O)(=O)OS(c1ccc(Sc2ccc(C(C)=O)cc2)cc1)(c1ccc(Sc2ccc(C(C)=O)cc2)cc1)c1ccc(Sc2ccc(C(C)=O)cc2)cc1. The van der Waals surface area contributed by atoms with Gasteiger partial charge in [-0.25, -0.2) is 3.63 Å². The molecule has 11 heteroatoms. The van der Waals surface area contributed by atoms with E-state index in [0.29, 0.717) is 23.1 Å². The molecule has 0 bridgehead atoms. The molecule has 0 heterocycles. The highest BCUT2D eigenvalue weighted by atomic mass is 32.3. The van der Waals surface area contributed by atoms with Crippen LogP contribution in [-0.4, -0.2) is 31.5 Å². The lowest BCUT2D eigenvalue weighted by Gasteiger charge is -2.39. The number of hydrogen-bond acceptors (Lipinski definition) is 9. The van der Waals surface area contributed by atoms with E-state index in [1.165, 1.54) is 0 Å². The molecule has 6 nitrogen and oxygen atoms in total. The molecule has 0 aromatic heterocycles. The molecule has 0 aliphatic rings. The average Bonchev–Trinajstić information content (AvgIpc) is 3.25. The van der Waals surface area contributed by atoms with E-state index in [2.05, 4.69) is 6.92 Å². The van der Waals surface area contributed by atoms with Crippen molar-refractivity contribution in [1.29, 1.82) is 0 Å². The van der Waals surface area contributed by atoms with Gasteiger partial charge in [-0.3, -0.25) is 14.4 Å². The van der Waals surface area contributed by atoms with Crippen molar-refractivity contribution in [3.05, 3.63) is 162 Å². The van der Waals surface area contributed by atoms with E-state index in [-0.39, 0.29) is 23.1 Å². The van der Waals surface area contributed by atoms with Gasteiger partial charge in [0.1, 0.15) is 0 Å². The van der Waals surface area contributed by atoms with Gasteiger partial charge in [0, 0.05) is 60.7 Å². The summed E-state index contributed by atoms with van der Waals surface area (Å²) in [6.07, 6.45) is 5.62. The Morgan fingerprint density at radius 2 is 0.672 bits per heavy atom. The van der Waals surface area contributed by atoms with Crippen LogP contribution in [-0.2, 0) is 13.7 Å². The van der Waals surface area contributed by atoms with E-state index in [1.807, 2.05) is 146 Å². The molecular formula is C50H50O6S5. The number of Topliss-reactive ketones (excluding diaryl/α,β-unsaturated/α-hetero) is 3. The van der Waals surface area contributed by atoms with E-state index < -0.39 is 20.4 Å². The fraction of sp³-hybridized carbons (Fsp3) is 0.220. The van der Waals surface area contributed by atoms with E-state index in [0.717, 1.165) is 76.2 Å². The van der Waals surface area contributed by atoms with Gasteiger partial charge in [0.05, 0.1) is 5.75 Å². The lowest BCUT2D eigenvalue weighted by atomic mass is 10.1. The highest BCUT2D eigenvalue weighted by Gasteiger charge is 2.38. The first kappa shape index (κ1) is 46.2. The number of hydrogen-bond donors (Lipinski definition) is 0. The molecule has 6 aromatic rings. The minimum atomic E-state index is -4.05. The number of carbonyl (C=O) groups is 3. The second-order valence-electron chi connectivity index (χ2n) is 14.6. The van der Waals surface area contributed by atoms with Crippen molar-refractivity contribution >= 4 is 73.1 Å². The number of carbonyl (C=O) groups excluding carboxylic acids is 3. The van der Waals surface area contributed by atoms with Gasteiger partial charge in [-0.05, 0) is 147 Å². The van der Waals surface area contributed by atoms with Gasteiger partial charge in [0.15, 0.2) is 17.3 Å². The third kappa shape index (κ3) is 12.6. The van der Waals surface area contributed by atoms with Crippen molar-refractivity contribution < 1.29 is 26.4 Å². The maximum Gasteiger partial charge on any atom is 0.277 e. The van der Waals surface area contributed by atoms with Crippen molar-refractivity contribution in [3.8, 4) is 0 Å².